The van der Waals surface area contributed by atoms with Crippen molar-refractivity contribution in [3.63, 3.8) is 0 Å². The number of carbonyl (C=O) groups is 1. The van der Waals surface area contributed by atoms with Crippen LogP contribution in [0.5, 0.6) is 5.75 Å². The molecular weight excluding hydrogens is 422 g/mol. The number of carbonyl (C=O) groups excluding carboxylic acids is 1. The van der Waals surface area contributed by atoms with Crippen molar-refractivity contribution in [3.8, 4) is 5.75 Å². The Morgan fingerprint density at radius 3 is 2.12 bits per heavy atom. The fraction of sp³-hybridized carbons (Fsp3) is 0.310. The second-order valence-corrected chi connectivity index (χ2v) is 8.90. The van der Waals surface area contributed by atoms with E-state index in [4.69, 9.17) is 9.73 Å². The van der Waals surface area contributed by atoms with Gasteiger partial charge in [0, 0.05) is 24.0 Å². The number of ether oxygens (including phenoxy) is 1. The maximum absolute atomic E-state index is 13.0. The maximum Gasteiger partial charge on any atom is 0.319 e. The largest absolute Gasteiger partial charge is 0.496 e. The SMILES string of the molecule is COc1ccccc1C=N[C@@H](CNC(=O)Nc1c(C(C)C)cccc1C(C)C)c1ccccc1. The first-order valence-electron chi connectivity index (χ1n) is 11.8. The summed E-state index contributed by atoms with van der Waals surface area (Å²) in [5.41, 5.74) is 5.09. The van der Waals surface area contributed by atoms with Gasteiger partial charge in [0.1, 0.15) is 5.75 Å². The predicted octanol–water partition coefficient (Wildman–Crippen LogP) is 6.92. The molecular formula is C29H35N3O2. The maximum atomic E-state index is 13.0. The summed E-state index contributed by atoms with van der Waals surface area (Å²) < 4.78 is 5.44. The fourth-order valence-electron chi connectivity index (χ4n) is 3.92. The first-order chi connectivity index (χ1) is 16.4. The third-order valence-corrected chi connectivity index (χ3v) is 5.78. The summed E-state index contributed by atoms with van der Waals surface area (Å²) in [6, 6.07) is 23.5. The van der Waals surface area contributed by atoms with Crippen molar-refractivity contribution < 1.29 is 9.53 Å². The molecule has 1 atom stereocenters. The van der Waals surface area contributed by atoms with Crippen molar-refractivity contribution >= 4 is 17.9 Å². The van der Waals surface area contributed by atoms with Gasteiger partial charge < -0.3 is 15.4 Å². The zero-order chi connectivity index (χ0) is 24.5. The normalized spacial score (nSPS) is 12.2. The van der Waals surface area contributed by atoms with Gasteiger partial charge in [0.05, 0.1) is 13.2 Å². The van der Waals surface area contributed by atoms with Gasteiger partial charge in [-0.25, -0.2) is 4.79 Å². The second kappa shape index (κ2) is 12.0. The van der Waals surface area contributed by atoms with Crippen LogP contribution in [0.25, 0.3) is 0 Å². The number of para-hydroxylation sites is 2. The van der Waals surface area contributed by atoms with Crippen molar-refractivity contribution in [1.82, 2.24) is 5.32 Å². The second-order valence-electron chi connectivity index (χ2n) is 8.90. The third kappa shape index (κ3) is 6.47. The molecule has 178 valence electrons. The van der Waals surface area contributed by atoms with Crippen LogP contribution in [-0.2, 0) is 0 Å². The van der Waals surface area contributed by atoms with E-state index < -0.39 is 0 Å². The molecule has 0 aliphatic carbocycles. The number of rotatable bonds is 9. The molecule has 0 spiro atoms. The number of hydrogen-bond donors (Lipinski definition) is 2. The Morgan fingerprint density at radius 1 is 0.882 bits per heavy atom. The van der Waals surface area contributed by atoms with Crippen LogP contribution in [0, 0.1) is 0 Å². The van der Waals surface area contributed by atoms with Gasteiger partial charge in [0.2, 0.25) is 0 Å². The van der Waals surface area contributed by atoms with E-state index in [-0.39, 0.29) is 12.1 Å². The van der Waals surface area contributed by atoms with E-state index in [1.807, 2.05) is 54.6 Å². The van der Waals surface area contributed by atoms with Gasteiger partial charge in [-0.1, -0.05) is 88.4 Å². The molecule has 0 aliphatic rings. The van der Waals surface area contributed by atoms with Crippen molar-refractivity contribution in [1.29, 1.82) is 0 Å². The van der Waals surface area contributed by atoms with Crippen LogP contribution in [0.2, 0.25) is 0 Å². The van der Waals surface area contributed by atoms with E-state index in [1.54, 1.807) is 13.3 Å². The fourth-order valence-corrected chi connectivity index (χ4v) is 3.92. The Hall–Kier alpha value is -3.60. The average molecular weight is 458 g/mol. The summed E-state index contributed by atoms with van der Waals surface area (Å²) in [6.07, 6.45) is 1.81. The molecule has 3 aromatic carbocycles. The molecule has 2 N–H and O–H groups in total. The number of urea groups is 1. The molecule has 0 radical (unpaired) electrons. The van der Waals surface area contributed by atoms with E-state index in [2.05, 4.69) is 56.5 Å². The highest BCUT2D eigenvalue weighted by atomic mass is 16.5. The minimum absolute atomic E-state index is 0.233. The first kappa shape index (κ1) is 25.0. The lowest BCUT2D eigenvalue weighted by molar-refractivity contribution is 0.251. The molecule has 0 saturated heterocycles. The average Bonchev–Trinajstić information content (AvgIpc) is 2.84. The Labute approximate surface area is 203 Å². The van der Waals surface area contributed by atoms with Crippen LogP contribution in [0.1, 0.15) is 67.8 Å². The van der Waals surface area contributed by atoms with E-state index in [1.165, 1.54) is 0 Å². The lowest BCUT2D eigenvalue weighted by atomic mass is 9.93. The van der Waals surface area contributed by atoms with Crippen LogP contribution in [0.3, 0.4) is 0 Å². The highest BCUT2D eigenvalue weighted by Crippen LogP contribution is 2.32. The molecule has 5 heteroatoms. The molecule has 0 saturated carbocycles. The summed E-state index contributed by atoms with van der Waals surface area (Å²) in [6.45, 7) is 8.92. The quantitative estimate of drug-likeness (QED) is 0.342. The number of aliphatic imine (C=N–C) groups is 1. The van der Waals surface area contributed by atoms with Gasteiger partial charge in [0.15, 0.2) is 0 Å². The summed E-state index contributed by atoms with van der Waals surface area (Å²) in [5.74, 6) is 1.36. The molecule has 3 aromatic rings. The van der Waals surface area contributed by atoms with Gasteiger partial charge in [-0.15, -0.1) is 0 Å². The molecule has 0 heterocycles. The predicted molar refractivity (Wildman–Crippen MR) is 141 cm³/mol. The van der Waals surface area contributed by atoms with Crippen LogP contribution in [0.15, 0.2) is 77.8 Å². The number of nitrogens with one attached hydrogen (secondary N) is 2. The molecule has 2 amide bonds. The van der Waals surface area contributed by atoms with Crippen molar-refractivity contribution in [2.75, 3.05) is 19.0 Å². The Balaban J connectivity index is 1.79. The number of methoxy groups -OCH3 is 1. The Kier molecular flexibility index (Phi) is 8.86. The molecule has 0 fully saturated rings. The van der Waals surface area contributed by atoms with Gasteiger partial charge in [-0.3, -0.25) is 4.99 Å². The van der Waals surface area contributed by atoms with Gasteiger partial charge >= 0.3 is 6.03 Å². The van der Waals surface area contributed by atoms with Gasteiger partial charge in [-0.05, 0) is 40.7 Å². The van der Waals surface area contributed by atoms with E-state index in [0.717, 1.165) is 33.7 Å². The van der Waals surface area contributed by atoms with Crippen LogP contribution < -0.4 is 15.4 Å². The zero-order valence-electron chi connectivity index (χ0n) is 20.7. The highest BCUT2D eigenvalue weighted by Gasteiger charge is 2.17. The number of anilines is 1. The van der Waals surface area contributed by atoms with Crippen molar-refractivity contribution in [3.05, 3.63) is 95.1 Å². The standard InChI is InChI=1S/C29H35N3O2/c1-20(2)24-15-11-16-25(21(3)4)28(24)32-29(33)31-19-26(22-12-7-6-8-13-22)30-18-23-14-9-10-17-27(23)34-5/h6-18,20-21,26H,19H2,1-5H3,(H2,31,32,33)/t26-/m0/s1. The van der Waals surface area contributed by atoms with Crippen LogP contribution >= 0.6 is 0 Å². The summed E-state index contributed by atoms with van der Waals surface area (Å²) in [5, 5.41) is 6.15. The van der Waals surface area contributed by atoms with Crippen molar-refractivity contribution in [2.45, 2.75) is 45.6 Å². The number of benzene rings is 3. The van der Waals surface area contributed by atoms with Crippen molar-refractivity contribution in [2.24, 2.45) is 4.99 Å². The van der Waals surface area contributed by atoms with E-state index in [9.17, 15) is 4.79 Å². The van der Waals surface area contributed by atoms with Gasteiger partial charge in [-0.2, -0.15) is 0 Å². The van der Waals surface area contributed by atoms with E-state index in [0.29, 0.717) is 18.4 Å². The number of amides is 2. The zero-order valence-corrected chi connectivity index (χ0v) is 20.7. The molecule has 34 heavy (non-hydrogen) atoms. The minimum atomic E-state index is -0.234. The summed E-state index contributed by atoms with van der Waals surface area (Å²) >= 11 is 0. The number of nitrogens with zero attached hydrogens (tertiary/aromatic N) is 1. The molecule has 0 aromatic heterocycles. The molecule has 3 rings (SSSR count). The summed E-state index contributed by atoms with van der Waals surface area (Å²) in [7, 11) is 1.65. The van der Waals surface area contributed by atoms with Gasteiger partial charge in [0.25, 0.3) is 0 Å². The smallest absolute Gasteiger partial charge is 0.319 e. The first-order valence-corrected chi connectivity index (χ1v) is 11.8. The Bertz CT molecular complexity index is 1080. The molecule has 0 unspecified atom stereocenters. The third-order valence-electron chi connectivity index (χ3n) is 5.78. The lowest BCUT2D eigenvalue weighted by Gasteiger charge is -2.21. The highest BCUT2D eigenvalue weighted by molar-refractivity contribution is 5.91. The summed E-state index contributed by atoms with van der Waals surface area (Å²) in [4.78, 5) is 17.8. The molecule has 0 aliphatic heterocycles. The number of hydrogen-bond acceptors (Lipinski definition) is 3. The topological polar surface area (TPSA) is 62.7 Å². The lowest BCUT2D eigenvalue weighted by Crippen LogP contribution is -2.33. The minimum Gasteiger partial charge on any atom is -0.496 e. The van der Waals surface area contributed by atoms with Crippen LogP contribution in [-0.4, -0.2) is 25.9 Å². The van der Waals surface area contributed by atoms with Crippen LogP contribution in [0.4, 0.5) is 10.5 Å². The monoisotopic (exact) mass is 457 g/mol. The molecule has 0 bridgehead atoms. The molecule has 5 nitrogen and oxygen atoms in total. The van der Waals surface area contributed by atoms with E-state index >= 15 is 0 Å². The Morgan fingerprint density at radius 2 is 1.50 bits per heavy atom.